The molecule has 3 aliphatic heterocycles. The van der Waals surface area contributed by atoms with Crippen LogP contribution < -0.4 is 24.0 Å². The molecule has 346 valence electrons. The van der Waals surface area contributed by atoms with Gasteiger partial charge in [-0.25, -0.2) is 0 Å². The van der Waals surface area contributed by atoms with Crippen molar-refractivity contribution >= 4 is 11.9 Å². The molecule has 0 aliphatic carbocycles. The molecule has 0 aromatic rings. The standard InChI is InChI=1S/C43H80N2O14.Li/c1-15-29(17-18-32(46)47)45(13)30-19-24(4)55-40(34(30)48)59-38-25(5)35(58-33-21-42(10,54-14)37(50)28(8)56-33)26(6)39(51)57-31(16-2)43(11,53)36(49)27(7)44(12)22-23(3)20-41(38,9)52;/h23-31,33-38,40,48-50,52-53H,15-22H2,1-14H3,(H,46,47);/q;+1/p-1. The van der Waals surface area contributed by atoms with Crippen LogP contribution in [0.15, 0.2) is 0 Å². The SMILES string of the molecule is CCC(CCC(=O)[O-])N(C)C1CC(C)OC(OC2C(C)C(OC3CC(C)(OC)C(O)C(C)O3)C(C)C(=O)OC(CC)C(C)(O)C(O)C(C)N(C)CC(C)CC2(C)O)C1O.[Li+]. The number of hydrogen-bond donors (Lipinski definition) is 5. The number of hydrogen-bond acceptors (Lipinski definition) is 16. The number of cyclic esters (lactones) is 1. The molecule has 3 saturated heterocycles. The summed E-state index contributed by atoms with van der Waals surface area (Å²) in [6.07, 6.45) is -8.49. The molecule has 0 saturated carbocycles. The number of carboxylic acid groups (broad SMARTS) is 1. The van der Waals surface area contributed by atoms with Crippen molar-refractivity contribution in [1.82, 2.24) is 9.80 Å². The first-order valence-corrected chi connectivity index (χ1v) is 21.7. The third-order valence-electron chi connectivity index (χ3n) is 13.8. The smallest absolute Gasteiger partial charge is 0.550 e. The first kappa shape index (κ1) is 55.2. The minimum Gasteiger partial charge on any atom is -0.550 e. The molecule has 0 aromatic heterocycles. The van der Waals surface area contributed by atoms with E-state index in [0.29, 0.717) is 25.8 Å². The van der Waals surface area contributed by atoms with Gasteiger partial charge in [0.2, 0.25) is 0 Å². The van der Waals surface area contributed by atoms with E-state index in [-0.39, 0.29) is 56.5 Å². The quantitative estimate of drug-likeness (QED) is 0.112. The number of aliphatic hydroxyl groups is 5. The number of carbonyl (C=O) groups excluding carboxylic acids is 2. The van der Waals surface area contributed by atoms with E-state index in [1.165, 1.54) is 14.0 Å². The maximum Gasteiger partial charge on any atom is 1.00 e. The predicted octanol–water partition coefficient (Wildman–Crippen LogP) is -1.42. The average molecular weight is 855 g/mol. The zero-order valence-corrected chi connectivity index (χ0v) is 39.2. The van der Waals surface area contributed by atoms with Gasteiger partial charge in [0.05, 0.1) is 41.5 Å². The van der Waals surface area contributed by atoms with Gasteiger partial charge in [0, 0.05) is 50.1 Å². The number of esters is 1. The van der Waals surface area contributed by atoms with Crippen LogP contribution in [0.4, 0.5) is 0 Å². The molecule has 0 aromatic carbocycles. The van der Waals surface area contributed by atoms with Crippen LogP contribution in [0.2, 0.25) is 0 Å². The van der Waals surface area contributed by atoms with Gasteiger partial charge >= 0.3 is 24.8 Å². The molecule has 3 aliphatic rings. The molecule has 0 radical (unpaired) electrons. The van der Waals surface area contributed by atoms with Crippen molar-refractivity contribution in [3.05, 3.63) is 0 Å². The number of aliphatic carboxylic acids is 1. The van der Waals surface area contributed by atoms with Gasteiger partial charge in [0.15, 0.2) is 12.6 Å². The number of aliphatic hydroxyl groups excluding tert-OH is 3. The average Bonchev–Trinajstić information content (AvgIpc) is 3.15. The molecular weight excluding hydrogens is 775 g/mol. The zero-order valence-electron chi connectivity index (χ0n) is 39.2. The number of ether oxygens (including phenoxy) is 6. The number of methoxy groups -OCH3 is 1. The Kier molecular flexibility index (Phi) is 21.0. The molecule has 3 heterocycles. The first-order chi connectivity index (χ1) is 27.3. The molecule has 19 unspecified atom stereocenters. The van der Waals surface area contributed by atoms with E-state index in [2.05, 4.69) is 0 Å². The fourth-order valence-corrected chi connectivity index (χ4v) is 9.88. The number of carbonyl (C=O) groups is 2. The molecule has 60 heavy (non-hydrogen) atoms. The summed E-state index contributed by atoms with van der Waals surface area (Å²) in [4.78, 5) is 29.6. The molecule has 0 bridgehead atoms. The van der Waals surface area contributed by atoms with E-state index in [0.717, 1.165) is 0 Å². The van der Waals surface area contributed by atoms with Gasteiger partial charge in [0.1, 0.15) is 30.0 Å². The largest absolute Gasteiger partial charge is 1.00 e. The van der Waals surface area contributed by atoms with E-state index >= 15 is 0 Å². The molecular formula is C43H79LiN2O14. The Morgan fingerprint density at radius 1 is 1.00 bits per heavy atom. The van der Waals surface area contributed by atoms with E-state index in [4.69, 9.17) is 28.4 Å². The molecule has 0 amide bonds. The number of rotatable bonds is 12. The molecule has 19 atom stereocenters. The van der Waals surface area contributed by atoms with Crippen LogP contribution in [-0.4, -0.2) is 171 Å². The van der Waals surface area contributed by atoms with Gasteiger partial charge in [-0.05, 0) is 107 Å². The minimum atomic E-state index is -1.84. The maximum absolute atomic E-state index is 14.3. The number of carboxylic acids is 1. The van der Waals surface area contributed by atoms with Crippen LogP contribution in [-0.2, 0) is 38.0 Å². The van der Waals surface area contributed by atoms with Gasteiger partial charge in [0.25, 0.3) is 0 Å². The molecule has 3 rings (SSSR count). The fourth-order valence-electron chi connectivity index (χ4n) is 9.88. The summed E-state index contributed by atoms with van der Waals surface area (Å²) in [6, 6.07) is -1.25. The van der Waals surface area contributed by atoms with Crippen LogP contribution >= 0.6 is 0 Å². The van der Waals surface area contributed by atoms with Gasteiger partial charge in [-0.1, -0.05) is 27.7 Å². The van der Waals surface area contributed by atoms with Crippen LogP contribution in [0.25, 0.3) is 0 Å². The Morgan fingerprint density at radius 2 is 1.62 bits per heavy atom. The summed E-state index contributed by atoms with van der Waals surface area (Å²) in [5.41, 5.74) is -4.55. The summed E-state index contributed by atoms with van der Waals surface area (Å²) in [7, 11) is 5.16. The van der Waals surface area contributed by atoms with Crippen LogP contribution in [0, 0.1) is 17.8 Å². The summed E-state index contributed by atoms with van der Waals surface area (Å²) in [5.74, 6) is -3.98. The molecule has 5 N–H and O–H groups in total. The van der Waals surface area contributed by atoms with Crippen LogP contribution in [0.3, 0.4) is 0 Å². The predicted molar refractivity (Wildman–Crippen MR) is 217 cm³/mol. The number of likely N-dealkylation sites (N-methyl/N-ethyl adjacent to an activating group) is 2. The Balaban J connectivity index is 0.0000124. The molecule has 3 fully saturated rings. The topological polar surface area (TPSA) is 220 Å². The molecule has 17 heteroatoms. The summed E-state index contributed by atoms with van der Waals surface area (Å²) < 4.78 is 37.9. The van der Waals surface area contributed by atoms with Crippen molar-refractivity contribution in [2.45, 2.75) is 217 Å². The van der Waals surface area contributed by atoms with E-state index in [9.17, 15) is 40.2 Å². The second kappa shape index (κ2) is 22.8. The zero-order chi connectivity index (χ0) is 44.9. The van der Waals surface area contributed by atoms with Crippen LogP contribution in [0.1, 0.15) is 121 Å². The number of nitrogens with zero attached hydrogens (tertiary/aromatic N) is 2. The fraction of sp³-hybridized carbons (Fsp3) is 0.953. The van der Waals surface area contributed by atoms with Crippen molar-refractivity contribution in [3.63, 3.8) is 0 Å². The first-order valence-electron chi connectivity index (χ1n) is 21.7. The Hall–Kier alpha value is -0.943. The Labute approximate surface area is 371 Å². The van der Waals surface area contributed by atoms with Crippen molar-refractivity contribution < 1.29 is 87.5 Å². The van der Waals surface area contributed by atoms with Crippen molar-refractivity contribution in [2.24, 2.45) is 17.8 Å². The van der Waals surface area contributed by atoms with Gasteiger partial charge in [-0.2, -0.15) is 0 Å². The molecule has 16 nitrogen and oxygen atoms in total. The monoisotopic (exact) mass is 855 g/mol. The van der Waals surface area contributed by atoms with Crippen molar-refractivity contribution in [2.75, 3.05) is 27.7 Å². The summed E-state index contributed by atoms with van der Waals surface area (Å²) in [6.45, 7) is 19.7. The summed E-state index contributed by atoms with van der Waals surface area (Å²) in [5, 5.41) is 70.4. The van der Waals surface area contributed by atoms with Crippen LogP contribution in [0.5, 0.6) is 0 Å². The third-order valence-corrected chi connectivity index (χ3v) is 13.8. The van der Waals surface area contributed by atoms with Gasteiger partial charge < -0.3 is 68.8 Å². The summed E-state index contributed by atoms with van der Waals surface area (Å²) >= 11 is 0. The van der Waals surface area contributed by atoms with Gasteiger partial charge in [-0.3, -0.25) is 9.69 Å². The Bertz CT molecular complexity index is 1350. The second-order valence-electron chi connectivity index (χ2n) is 18.8. The normalized spacial score (nSPS) is 44.9. The van der Waals surface area contributed by atoms with E-state index in [1.807, 2.05) is 44.7 Å². The third kappa shape index (κ3) is 13.1. The minimum absolute atomic E-state index is 0. The Morgan fingerprint density at radius 3 is 2.17 bits per heavy atom. The van der Waals surface area contributed by atoms with Crippen molar-refractivity contribution in [1.29, 1.82) is 0 Å². The second-order valence-corrected chi connectivity index (χ2v) is 18.8. The van der Waals surface area contributed by atoms with E-state index < -0.39 is 114 Å². The van der Waals surface area contributed by atoms with Gasteiger partial charge in [-0.15, -0.1) is 0 Å². The maximum atomic E-state index is 14.3. The van der Waals surface area contributed by atoms with Crippen molar-refractivity contribution in [3.8, 4) is 0 Å². The molecule has 0 spiro atoms. The van der Waals surface area contributed by atoms with E-state index in [1.54, 1.807) is 48.5 Å².